The van der Waals surface area contributed by atoms with Crippen molar-refractivity contribution in [2.75, 3.05) is 7.11 Å². The first kappa shape index (κ1) is 21.2. The number of hydrogen-bond acceptors (Lipinski definition) is 2. The van der Waals surface area contributed by atoms with E-state index in [4.69, 9.17) is 8.85 Å². The van der Waals surface area contributed by atoms with Crippen molar-refractivity contribution in [1.82, 2.24) is 0 Å². The van der Waals surface area contributed by atoms with Crippen molar-refractivity contribution in [3.05, 3.63) is 42.7 Å². The molecular weight excluding hydrogens is 328 g/mol. The fraction of sp³-hybridized carbons (Fsp3) is 0.600. The summed E-state index contributed by atoms with van der Waals surface area (Å²) in [4.78, 5) is 0. The molecule has 136 valence electrons. The quantitative estimate of drug-likeness (QED) is 0.467. The third-order valence-corrected chi connectivity index (χ3v) is 15.0. The molecule has 0 aliphatic carbocycles. The average molecular weight is 365 g/mol. The summed E-state index contributed by atoms with van der Waals surface area (Å²) in [7, 11) is -2.02. The Kier molecular flexibility index (Phi) is 6.70. The molecule has 0 N–H and O–H groups in total. The number of rotatable bonds is 6. The third-order valence-electron chi connectivity index (χ3n) is 5.47. The Morgan fingerprint density at radius 3 is 1.88 bits per heavy atom. The monoisotopic (exact) mass is 364 g/mol. The van der Waals surface area contributed by atoms with Crippen LogP contribution in [0.5, 0.6) is 0 Å². The van der Waals surface area contributed by atoms with Crippen LogP contribution in [0.2, 0.25) is 29.2 Å². The molecule has 0 saturated carbocycles. The summed E-state index contributed by atoms with van der Waals surface area (Å²) in [6.07, 6.45) is 4.13. The Labute approximate surface area is 151 Å². The first-order chi connectivity index (χ1) is 10.9. The van der Waals surface area contributed by atoms with Crippen molar-refractivity contribution in [2.45, 2.75) is 70.8 Å². The predicted molar refractivity (Wildman–Crippen MR) is 111 cm³/mol. The molecule has 0 radical (unpaired) electrons. The maximum Gasteiger partial charge on any atom is 0.249 e. The lowest BCUT2D eigenvalue weighted by Crippen LogP contribution is -2.56. The van der Waals surface area contributed by atoms with Crippen molar-refractivity contribution in [2.24, 2.45) is 0 Å². The Morgan fingerprint density at radius 1 is 0.917 bits per heavy atom. The highest BCUT2D eigenvalue weighted by atomic mass is 28.4. The highest BCUT2D eigenvalue weighted by molar-refractivity contribution is 6.89. The molecule has 0 fully saturated rings. The highest BCUT2D eigenvalue weighted by Gasteiger charge is 2.46. The maximum atomic E-state index is 6.23. The SMILES string of the molecule is CO[Si](C/C=C\O[Si](C)(C)C(C)(C)C)(c1ccccc1)C(C)(C)C. The van der Waals surface area contributed by atoms with Gasteiger partial charge in [0.15, 0.2) is 0 Å². The number of benzene rings is 1. The Morgan fingerprint density at radius 2 is 1.46 bits per heavy atom. The minimum atomic E-state index is -2.14. The van der Waals surface area contributed by atoms with E-state index in [-0.39, 0.29) is 10.1 Å². The molecule has 1 unspecified atom stereocenters. The van der Waals surface area contributed by atoms with Crippen LogP contribution in [0, 0.1) is 0 Å². The first-order valence-electron chi connectivity index (χ1n) is 8.81. The summed E-state index contributed by atoms with van der Waals surface area (Å²) in [6, 6.07) is 11.6. The second kappa shape index (κ2) is 7.58. The Balaban J connectivity index is 3.03. The molecule has 0 aliphatic heterocycles. The molecule has 1 atom stereocenters. The third kappa shape index (κ3) is 4.61. The molecule has 1 rings (SSSR count). The van der Waals surface area contributed by atoms with Gasteiger partial charge in [-0.25, -0.2) is 0 Å². The number of allylic oxidation sites excluding steroid dienone is 1. The van der Waals surface area contributed by atoms with E-state index in [1.165, 1.54) is 5.19 Å². The molecule has 0 spiro atoms. The van der Waals surface area contributed by atoms with Crippen molar-refractivity contribution in [3.8, 4) is 0 Å². The van der Waals surface area contributed by atoms with Crippen LogP contribution in [0.3, 0.4) is 0 Å². The van der Waals surface area contributed by atoms with E-state index in [0.717, 1.165) is 6.04 Å². The largest absolute Gasteiger partial charge is 0.549 e. The molecule has 0 aliphatic rings. The molecule has 0 heterocycles. The van der Waals surface area contributed by atoms with E-state index < -0.39 is 16.6 Å². The highest BCUT2D eigenvalue weighted by Crippen LogP contribution is 2.40. The molecule has 2 nitrogen and oxygen atoms in total. The van der Waals surface area contributed by atoms with Gasteiger partial charge in [-0.1, -0.05) is 78.0 Å². The van der Waals surface area contributed by atoms with Gasteiger partial charge in [-0.3, -0.25) is 0 Å². The van der Waals surface area contributed by atoms with Crippen LogP contribution >= 0.6 is 0 Å². The van der Waals surface area contributed by atoms with Crippen LogP contribution in [0.15, 0.2) is 42.7 Å². The van der Waals surface area contributed by atoms with Crippen LogP contribution in [-0.4, -0.2) is 23.7 Å². The van der Waals surface area contributed by atoms with Gasteiger partial charge < -0.3 is 8.85 Å². The van der Waals surface area contributed by atoms with Gasteiger partial charge in [-0.15, -0.1) is 0 Å². The van der Waals surface area contributed by atoms with E-state index >= 15 is 0 Å². The van der Waals surface area contributed by atoms with Gasteiger partial charge in [-0.2, -0.15) is 0 Å². The maximum absolute atomic E-state index is 6.23. The molecule has 1 aromatic carbocycles. The Hall–Kier alpha value is -0.846. The lowest BCUT2D eigenvalue weighted by atomic mass is 10.2. The van der Waals surface area contributed by atoms with E-state index in [0.29, 0.717) is 0 Å². The minimum Gasteiger partial charge on any atom is -0.549 e. The minimum absolute atomic E-state index is 0.102. The summed E-state index contributed by atoms with van der Waals surface area (Å²) in [5.74, 6) is 0. The summed E-state index contributed by atoms with van der Waals surface area (Å²) >= 11 is 0. The second-order valence-corrected chi connectivity index (χ2v) is 18.4. The smallest absolute Gasteiger partial charge is 0.249 e. The van der Waals surface area contributed by atoms with Gasteiger partial charge in [0.05, 0.1) is 6.26 Å². The normalized spacial score (nSPS) is 16.2. The zero-order chi connectivity index (χ0) is 18.6. The van der Waals surface area contributed by atoms with Crippen molar-refractivity contribution in [3.63, 3.8) is 0 Å². The average Bonchev–Trinajstić information content (AvgIpc) is 2.46. The topological polar surface area (TPSA) is 18.5 Å². The van der Waals surface area contributed by atoms with Gasteiger partial charge in [-0.05, 0) is 34.4 Å². The lowest BCUT2D eigenvalue weighted by Gasteiger charge is -2.41. The van der Waals surface area contributed by atoms with Gasteiger partial charge in [0.1, 0.15) is 0 Å². The molecule has 0 amide bonds. The van der Waals surface area contributed by atoms with Crippen LogP contribution in [0.25, 0.3) is 0 Å². The van der Waals surface area contributed by atoms with Crippen LogP contribution in [0.4, 0.5) is 0 Å². The molecule has 4 heteroatoms. The zero-order valence-corrected chi connectivity index (χ0v) is 19.1. The van der Waals surface area contributed by atoms with Gasteiger partial charge >= 0.3 is 0 Å². The molecule has 0 aromatic heterocycles. The van der Waals surface area contributed by atoms with Gasteiger partial charge in [0, 0.05) is 7.11 Å². The standard InChI is InChI=1S/C20H36O2Si2/c1-19(2,3)23(8,9)22-16-13-17-24(21-7,20(4,5)6)18-14-11-10-12-15-18/h10-16H,17H2,1-9H3/b16-13-. The van der Waals surface area contributed by atoms with E-state index in [1.54, 1.807) is 0 Å². The van der Waals surface area contributed by atoms with Crippen molar-refractivity contribution in [1.29, 1.82) is 0 Å². The van der Waals surface area contributed by atoms with Crippen LogP contribution < -0.4 is 5.19 Å². The predicted octanol–water partition coefficient (Wildman–Crippen LogP) is 5.82. The summed E-state index contributed by atoms with van der Waals surface area (Å²) in [5, 5.41) is 1.66. The van der Waals surface area contributed by atoms with Crippen molar-refractivity contribution < 1.29 is 8.85 Å². The summed E-state index contributed by atoms with van der Waals surface area (Å²) < 4.78 is 12.4. The molecule has 0 saturated heterocycles. The van der Waals surface area contributed by atoms with Crippen molar-refractivity contribution >= 4 is 21.8 Å². The Bertz CT molecular complexity index is 539. The molecular formula is C20H36O2Si2. The van der Waals surface area contributed by atoms with E-state index in [9.17, 15) is 0 Å². The molecule has 0 bridgehead atoms. The molecule has 24 heavy (non-hydrogen) atoms. The van der Waals surface area contributed by atoms with E-state index in [2.05, 4.69) is 91.0 Å². The zero-order valence-electron chi connectivity index (χ0n) is 17.1. The lowest BCUT2D eigenvalue weighted by molar-refractivity contribution is 0.375. The number of hydrogen-bond donors (Lipinski definition) is 0. The van der Waals surface area contributed by atoms with Crippen LogP contribution in [-0.2, 0) is 8.85 Å². The van der Waals surface area contributed by atoms with Gasteiger partial charge in [0.2, 0.25) is 16.6 Å². The summed E-state index contributed by atoms with van der Waals surface area (Å²) in [5.41, 5.74) is 0. The fourth-order valence-corrected chi connectivity index (χ4v) is 7.36. The van der Waals surface area contributed by atoms with Gasteiger partial charge in [0.25, 0.3) is 0 Å². The first-order valence-corrected chi connectivity index (χ1v) is 13.8. The van der Waals surface area contributed by atoms with E-state index in [1.807, 2.05) is 13.4 Å². The molecule has 1 aromatic rings. The second-order valence-electron chi connectivity index (χ2n) is 9.10. The van der Waals surface area contributed by atoms with Crippen LogP contribution in [0.1, 0.15) is 41.5 Å². The summed E-state index contributed by atoms with van der Waals surface area (Å²) in [6.45, 7) is 18.2. The fourth-order valence-electron chi connectivity index (χ4n) is 2.68.